The van der Waals surface area contributed by atoms with Crippen LogP contribution in [-0.4, -0.2) is 56.5 Å². The summed E-state index contributed by atoms with van der Waals surface area (Å²) in [6.07, 6.45) is 0.599. The topological polar surface area (TPSA) is 84.9 Å². The van der Waals surface area contributed by atoms with Gasteiger partial charge in [-0.3, -0.25) is 14.4 Å². The van der Waals surface area contributed by atoms with E-state index in [1.54, 1.807) is 18.2 Å². The lowest BCUT2D eigenvalue weighted by atomic mass is 10.2. The quantitative estimate of drug-likeness (QED) is 0.526. The molecule has 0 bridgehead atoms. The van der Waals surface area contributed by atoms with Gasteiger partial charge in [0.15, 0.2) is 6.61 Å². The van der Waals surface area contributed by atoms with Crippen LogP contribution >= 0.6 is 11.6 Å². The number of hydrogen-bond donors (Lipinski definition) is 1. The number of hydrogen-bond acceptors (Lipinski definition) is 5. The zero-order valence-electron chi connectivity index (χ0n) is 14.6. The summed E-state index contributed by atoms with van der Waals surface area (Å²) in [7, 11) is 2.95. The molecule has 0 radical (unpaired) electrons. The minimum Gasteiger partial charge on any atom is -0.493 e. The van der Waals surface area contributed by atoms with Gasteiger partial charge >= 0.3 is 5.97 Å². The molecule has 8 heteroatoms. The predicted molar refractivity (Wildman–Crippen MR) is 93.6 cm³/mol. The van der Waals surface area contributed by atoms with E-state index in [0.29, 0.717) is 23.8 Å². The van der Waals surface area contributed by atoms with Crippen LogP contribution in [0.15, 0.2) is 18.2 Å². The largest absolute Gasteiger partial charge is 0.493 e. The molecule has 1 rings (SSSR count). The molecule has 0 aliphatic carbocycles. The highest BCUT2D eigenvalue weighted by Crippen LogP contribution is 2.21. The number of ether oxygens (including phenoxy) is 2. The van der Waals surface area contributed by atoms with Crippen molar-refractivity contribution in [2.24, 2.45) is 0 Å². The Morgan fingerprint density at radius 3 is 2.64 bits per heavy atom. The summed E-state index contributed by atoms with van der Waals surface area (Å²) in [5, 5.41) is 3.05. The zero-order valence-corrected chi connectivity index (χ0v) is 15.4. The average molecular weight is 371 g/mol. The molecule has 2 amide bonds. The highest BCUT2D eigenvalue weighted by atomic mass is 35.5. The fourth-order valence-corrected chi connectivity index (χ4v) is 2.11. The Labute approximate surface area is 152 Å². The summed E-state index contributed by atoms with van der Waals surface area (Å²) in [5.41, 5.74) is 0.917. The second kappa shape index (κ2) is 10.6. The molecule has 25 heavy (non-hydrogen) atoms. The van der Waals surface area contributed by atoms with E-state index in [2.05, 4.69) is 5.32 Å². The maximum Gasteiger partial charge on any atom is 0.306 e. The van der Waals surface area contributed by atoms with Crippen molar-refractivity contribution >= 4 is 29.4 Å². The summed E-state index contributed by atoms with van der Waals surface area (Å²) in [6.45, 7) is 1.77. The van der Waals surface area contributed by atoms with Crippen LogP contribution in [-0.2, 0) is 19.1 Å². The number of nitrogens with zero attached hydrogens (tertiary/aromatic N) is 1. The standard InChI is InChI=1S/C17H23ClN2O5/c1-12-9-13(18)6-7-14(12)24-8-4-5-17(23)25-11-16(22)20(3)10-15(21)19-2/h6-7,9H,4-5,8,10-11H2,1-3H3,(H,19,21). The third-order valence-electron chi connectivity index (χ3n) is 3.36. The number of nitrogens with one attached hydrogen (secondary N) is 1. The normalized spacial score (nSPS) is 10.1. The van der Waals surface area contributed by atoms with E-state index < -0.39 is 11.9 Å². The number of esters is 1. The maximum atomic E-state index is 11.7. The summed E-state index contributed by atoms with van der Waals surface area (Å²) in [6, 6.07) is 5.31. The Bertz CT molecular complexity index is 621. The van der Waals surface area contributed by atoms with Gasteiger partial charge in [0.2, 0.25) is 5.91 Å². The molecular formula is C17H23ClN2O5. The Balaban J connectivity index is 2.22. The van der Waals surface area contributed by atoms with Crippen LogP contribution in [0.3, 0.4) is 0 Å². The number of likely N-dealkylation sites (N-methyl/N-ethyl adjacent to an activating group) is 2. The third-order valence-corrected chi connectivity index (χ3v) is 3.60. The van der Waals surface area contributed by atoms with Crippen LogP contribution in [0, 0.1) is 6.92 Å². The van der Waals surface area contributed by atoms with E-state index in [4.69, 9.17) is 21.1 Å². The monoisotopic (exact) mass is 370 g/mol. The molecule has 0 aliphatic heterocycles. The highest BCUT2D eigenvalue weighted by Gasteiger charge is 2.14. The first-order chi connectivity index (χ1) is 11.8. The second-order valence-electron chi connectivity index (χ2n) is 5.45. The Hall–Kier alpha value is -2.28. The van der Waals surface area contributed by atoms with Crippen LogP contribution in [0.2, 0.25) is 5.02 Å². The van der Waals surface area contributed by atoms with Gasteiger partial charge in [-0.1, -0.05) is 11.6 Å². The van der Waals surface area contributed by atoms with Crippen molar-refractivity contribution in [3.05, 3.63) is 28.8 Å². The lowest BCUT2D eigenvalue weighted by Crippen LogP contribution is -2.39. The molecule has 0 heterocycles. The van der Waals surface area contributed by atoms with Gasteiger partial charge in [-0.15, -0.1) is 0 Å². The Morgan fingerprint density at radius 1 is 1.28 bits per heavy atom. The highest BCUT2D eigenvalue weighted by molar-refractivity contribution is 6.30. The van der Waals surface area contributed by atoms with Gasteiger partial charge in [0.25, 0.3) is 5.91 Å². The second-order valence-corrected chi connectivity index (χ2v) is 5.88. The fourth-order valence-electron chi connectivity index (χ4n) is 1.88. The van der Waals surface area contributed by atoms with Crippen molar-refractivity contribution in [1.82, 2.24) is 10.2 Å². The van der Waals surface area contributed by atoms with Gasteiger partial charge in [0.1, 0.15) is 5.75 Å². The summed E-state index contributed by atoms with van der Waals surface area (Å²) in [4.78, 5) is 35.7. The Morgan fingerprint density at radius 2 is 2.00 bits per heavy atom. The molecule has 0 fully saturated rings. The lowest BCUT2D eigenvalue weighted by Gasteiger charge is -2.15. The molecule has 138 valence electrons. The minimum atomic E-state index is -0.488. The molecule has 1 aromatic carbocycles. The average Bonchev–Trinajstić information content (AvgIpc) is 2.57. The van der Waals surface area contributed by atoms with Crippen molar-refractivity contribution in [1.29, 1.82) is 0 Å². The molecule has 0 aliphatic rings. The number of aryl methyl sites for hydroxylation is 1. The molecule has 0 unspecified atom stereocenters. The smallest absolute Gasteiger partial charge is 0.306 e. The number of benzene rings is 1. The van der Waals surface area contributed by atoms with E-state index in [-0.39, 0.29) is 25.5 Å². The lowest BCUT2D eigenvalue weighted by molar-refractivity contribution is -0.152. The molecule has 7 nitrogen and oxygen atoms in total. The van der Waals surface area contributed by atoms with Gasteiger partial charge in [0.05, 0.1) is 13.2 Å². The summed E-state index contributed by atoms with van der Waals surface area (Å²) < 4.78 is 10.5. The summed E-state index contributed by atoms with van der Waals surface area (Å²) in [5.74, 6) is -0.510. The molecular weight excluding hydrogens is 348 g/mol. The van der Waals surface area contributed by atoms with Crippen LogP contribution in [0.1, 0.15) is 18.4 Å². The SMILES string of the molecule is CNC(=O)CN(C)C(=O)COC(=O)CCCOc1ccc(Cl)cc1C. The number of carbonyl (C=O) groups is 3. The molecule has 0 saturated heterocycles. The Kier molecular flexibility index (Phi) is 8.77. The number of amides is 2. The van der Waals surface area contributed by atoms with Gasteiger partial charge in [0, 0.05) is 25.5 Å². The fraction of sp³-hybridized carbons (Fsp3) is 0.471. The van der Waals surface area contributed by atoms with Gasteiger partial charge in [-0.05, 0) is 37.1 Å². The number of carbonyl (C=O) groups excluding carboxylic acids is 3. The van der Waals surface area contributed by atoms with Crippen molar-refractivity contribution in [3.8, 4) is 5.75 Å². The van der Waals surface area contributed by atoms with Crippen LogP contribution in [0.4, 0.5) is 0 Å². The number of halogens is 1. The first-order valence-corrected chi connectivity index (χ1v) is 8.20. The van der Waals surface area contributed by atoms with E-state index >= 15 is 0 Å². The third kappa shape index (κ3) is 7.89. The molecule has 1 N–H and O–H groups in total. The summed E-state index contributed by atoms with van der Waals surface area (Å²) >= 11 is 5.87. The maximum absolute atomic E-state index is 11.7. The van der Waals surface area contributed by atoms with E-state index in [1.807, 2.05) is 6.92 Å². The molecule has 0 spiro atoms. The van der Waals surface area contributed by atoms with Crippen molar-refractivity contribution in [3.63, 3.8) is 0 Å². The van der Waals surface area contributed by atoms with Crippen molar-refractivity contribution in [2.75, 3.05) is 33.9 Å². The van der Waals surface area contributed by atoms with E-state index in [1.165, 1.54) is 19.0 Å². The molecule has 0 saturated carbocycles. The molecule has 1 aromatic rings. The van der Waals surface area contributed by atoms with E-state index in [9.17, 15) is 14.4 Å². The van der Waals surface area contributed by atoms with Gasteiger partial charge < -0.3 is 19.7 Å². The van der Waals surface area contributed by atoms with Gasteiger partial charge in [-0.2, -0.15) is 0 Å². The number of rotatable bonds is 9. The van der Waals surface area contributed by atoms with Crippen LogP contribution < -0.4 is 10.1 Å². The first-order valence-electron chi connectivity index (χ1n) is 7.82. The van der Waals surface area contributed by atoms with Crippen LogP contribution in [0.5, 0.6) is 5.75 Å². The zero-order chi connectivity index (χ0) is 18.8. The minimum absolute atomic E-state index is 0.0822. The van der Waals surface area contributed by atoms with Crippen LogP contribution in [0.25, 0.3) is 0 Å². The molecule has 0 atom stereocenters. The first kappa shape index (κ1) is 20.8. The van der Waals surface area contributed by atoms with Crippen molar-refractivity contribution < 1.29 is 23.9 Å². The molecule has 0 aromatic heterocycles. The van der Waals surface area contributed by atoms with Gasteiger partial charge in [-0.25, -0.2) is 0 Å². The van der Waals surface area contributed by atoms with E-state index in [0.717, 1.165) is 5.56 Å². The predicted octanol–water partition coefficient (Wildman–Crippen LogP) is 1.56. The van der Waals surface area contributed by atoms with Crippen molar-refractivity contribution in [2.45, 2.75) is 19.8 Å².